The third-order valence-corrected chi connectivity index (χ3v) is 6.94. The van der Waals surface area contributed by atoms with Crippen LogP contribution in [0.5, 0.6) is 0 Å². The molecule has 11 nitrogen and oxygen atoms in total. The van der Waals surface area contributed by atoms with E-state index in [1.54, 1.807) is 44.2 Å². The molecule has 7 atom stereocenters. The molecule has 0 aliphatic carbocycles. The van der Waals surface area contributed by atoms with Gasteiger partial charge in [-0.1, -0.05) is 48.5 Å². The van der Waals surface area contributed by atoms with Gasteiger partial charge in [0.05, 0.1) is 6.61 Å². The fourth-order valence-corrected chi connectivity index (χ4v) is 5.17. The molecule has 204 valence electrons. The lowest BCUT2D eigenvalue weighted by Crippen LogP contribution is -2.51. The Bertz CT molecular complexity index is 1380. The fourth-order valence-electron chi connectivity index (χ4n) is 5.17. The molecule has 3 fully saturated rings. The van der Waals surface area contributed by atoms with Gasteiger partial charge in [0.15, 0.2) is 18.3 Å². The number of aliphatic hydroxyl groups is 1. The lowest BCUT2D eigenvalue weighted by atomic mass is 9.99. The molecule has 3 aliphatic heterocycles. The molecule has 2 N–H and O–H groups in total. The number of ether oxygens (including phenoxy) is 5. The molecule has 0 radical (unpaired) electrons. The number of hydrogen-bond donors (Lipinski definition) is 2. The highest BCUT2D eigenvalue weighted by molar-refractivity contribution is 6.03. The first-order valence-corrected chi connectivity index (χ1v) is 12.8. The number of aliphatic hydroxyl groups excluding tert-OH is 1. The maximum absolute atomic E-state index is 13.2. The van der Waals surface area contributed by atoms with Crippen LogP contribution in [0.3, 0.4) is 0 Å². The highest BCUT2D eigenvalue weighted by Gasteiger charge is 2.57. The SMILES string of the molecule is CC1(C)O[C@@H]2[C@@H](O)[C@@H]3OC(c4ccccc4)OC[C@H]3O[C@@H](n3ccc(NC(=O)c4ccccc4)nc3=O)[C@@H]2O1. The largest absolute Gasteiger partial charge is 0.387 e. The van der Waals surface area contributed by atoms with Crippen molar-refractivity contribution in [2.45, 2.75) is 62.7 Å². The lowest BCUT2D eigenvalue weighted by molar-refractivity contribution is -0.299. The Morgan fingerprint density at radius 3 is 2.38 bits per heavy atom. The molecule has 2 aromatic carbocycles. The Morgan fingerprint density at radius 2 is 1.67 bits per heavy atom. The van der Waals surface area contributed by atoms with Crippen molar-refractivity contribution in [2.24, 2.45) is 0 Å². The van der Waals surface area contributed by atoms with Gasteiger partial charge in [0.2, 0.25) is 0 Å². The third kappa shape index (κ3) is 5.12. The van der Waals surface area contributed by atoms with Gasteiger partial charge >= 0.3 is 5.69 Å². The van der Waals surface area contributed by atoms with Crippen molar-refractivity contribution >= 4 is 11.7 Å². The maximum Gasteiger partial charge on any atom is 0.351 e. The molecular weight excluding hydrogens is 506 g/mol. The summed E-state index contributed by atoms with van der Waals surface area (Å²) in [7, 11) is 0. The number of benzene rings is 2. The number of hydrogen-bond acceptors (Lipinski definition) is 9. The Hall–Kier alpha value is -3.45. The Morgan fingerprint density at radius 1 is 0.974 bits per heavy atom. The van der Waals surface area contributed by atoms with Crippen LogP contribution in [0.25, 0.3) is 0 Å². The number of carbonyl (C=O) groups excluding carboxylic acids is 1. The van der Waals surface area contributed by atoms with Crippen molar-refractivity contribution in [1.29, 1.82) is 0 Å². The van der Waals surface area contributed by atoms with E-state index in [9.17, 15) is 14.7 Å². The van der Waals surface area contributed by atoms with Crippen LogP contribution in [-0.2, 0) is 23.7 Å². The van der Waals surface area contributed by atoms with Gasteiger partial charge in [-0.3, -0.25) is 9.36 Å². The van der Waals surface area contributed by atoms with Crippen molar-refractivity contribution in [3.8, 4) is 0 Å². The summed E-state index contributed by atoms with van der Waals surface area (Å²) in [6, 6.07) is 19.5. The summed E-state index contributed by atoms with van der Waals surface area (Å²) in [5.41, 5.74) is 0.562. The number of fused-ring (bicyclic) bond motifs is 2. The minimum absolute atomic E-state index is 0.0899. The van der Waals surface area contributed by atoms with E-state index in [1.807, 2.05) is 30.3 Å². The normalized spacial score (nSPS) is 31.5. The van der Waals surface area contributed by atoms with Gasteiger partial charge in [0, 0.05) is 17.3 Å². The topological polar surface area (TPSA) is 130 Å². The molecule has 4 heterocycles. The maximum atomic E-state index is 13.2. The van der Waals surface area contributed by atoms with E-state index >= 15 is 0 Å². The Kier molecular flexibility index (Phi) is 6.79. The smallest absolute Gasteiger partial charge is 0.351 e. The second-order valence-electron chi connectivity index (χ2n) is 10.1. The van der Waals surface area contributed by atoms with E-state index in [0.29, 0.717) is 5.56 Å². The molecule has 3 aromatic rings. The van der Waals surface area contributed by atoms with Gasteiger partial charge in [-0.2, -0.15) is 4.98 Å². The molecule has 3 aliphatic rings. The van der Waals surface area contributed by atoms with Crippen LogP contribution < -0.4 is 11.0 Å². The van der Waals surface area contributed by atoms with Crippen LogP contribution in [0, 0.1) is 0 Å². The molecular formula is C28H29N3O8. The quantitative estimate of drug-likeness (QED) is 0.517. The molecule has 0 spiro atoms. The summed E-state index contributed by atoms with van der Waals surface area (Å²) in [6.45, 7) is 3.56. The van der Waals surface area contributed by atoms with E-state index in [1.165, 1.54) is 16.8 Å². The van der Waals surface area contributed by atoms with Gasteiger partial charge in [-0.25, -0.2) is 4.79 Å². The summed E-state index contributed by atoms with van der Waals surface area (Å²) in [5, 5.41) is 14.1. The number of anilines is 1. The summed E-state index contributed by atoms with van der Waals surface area (Å²) in [4.78, 5) is 29.8. The standard InChI is InChI=1S/C28H29N3O8/c1-28(2)38-22-20(32)21-18(15-35-26(37-21)17-11-7-4-8-12-17)36-25(23(22)39-28)31-14-13-19(30-27(31)34)29-24(33)16-9-5-3-6-10-16/h3-14,18,20-23,25-26,32H,15H2,1-2H3,(H,29,30,33,34)/t18-,20+,21-,22-,23-,25-,26?/m1/s1. The first-order chi connectivity index (χ1) is 18.8. The molecule has 0 bridgehead atoms. The van der Waals surface area contributed by atoms with Gasteiger partial charge in [0.1, 0.15) is 36.3 Å². The van der Waals surface area contributed by atoms with E-state index in [2.05, 4.69) is 10.3 Å². The minimum atomic E-state index is -1.13. The zero-order valence-electron chi connectivity index (χ0n) is 21.4. The second kappa shape index (κ2) is 10.3. The van der Waals surface area contributed by atoms with Crippen LogP contribution in [0.4, 0.5) is 5.82 Å². The zero-order chi connectivity index (χ0) is 27.1. The molecule has 1 unspecified atom stereocenters. The van der Waals surface area contributed by atoms with Crippen LogP contribution in [-0.4, -0.2) is 63.5 Å². The number of aromatic nitrogens is 2. The van der Waals surface area contributed by atoms with Gasteiger partial charge in [-0.15, -0.1) is 0 Å². The van der Waals surface area contributed by atoms with Crippen LogP contribution in [0.2, 0.25) is 0 Å². The summed E-state index contributed by atoms with van der Waals surface area (Å²) in [5.74, 6) is -1.35. The van der Waals surface area contributed by atoms with Gasteiger partial charge < -0.3 is 34.1 Å². The van der Waals surface area contributed by atoms with Gasteiger partial charge in [-0.05, 0) is 32.0 Å². The molecule has 11 heteroatoms. The number of nitrogens with one attached hydrogen (secondary N) is 1. The minimum Gasteiger partial charge on any atom is -0.387 e. The third-order valence-electron chi connectivity index (χ3n) is 6.94. The molecule has 0 saturated carbocycles. The average molecular weight is 536 g/mol. The lowest BCUT2D eigenvalue weighted by Gasteiger charge is -2.38. The van der Waals surface area contributed by atoms with Crippen LogP contribution >= 0.6 is 0 Å². The van der Waals surface area contributed by atoms with E-state index in [4.69, 9.17) is 23.7 Å². The summed E-state index contributed by atoms with van der Waals surface area (Å²) < 4.78 is 31.9. The predicted octanol–water partition coefficient (Wildman–Crippen LogP) is 2.39. The first kappa shape index (κ1) is 25.8. The zero-order valence-corrected chi connectivity index (χ0v) is 21.4. The second-order valence-corrected chi connectivity index (χ2v) is 10.1. The molecule has 3 saturated heterocycles. The fraction of sp³-hybridized carbons (Fsp3) is 0.393. The van der Waals surface area contributed by atoms with Crippen molar-refractivity contribution in [3.63, 3.8) is 0 Å². The highest BCUT2D eigenvalue weighted by atomic mass is 16.8. The van der Waals surface area contributed by atoms with Crippen molar-refractivity contribution in [2.75, 3.05) is 11.9 Å². The number of nitrogens with zero attached hydrogens (tertiary/aromatic N) is 2. The van der Waals surface area contributed by atoms with E-state index in [0.717, 1.165) is 5.56 Å². The van der Waals surface area contributed by atoms with Crippen LogP contribution in [0.1, 0.15) is 42.3 Å². The number of amides is 1. The molecule has 1 amide bonds. The summed E-state index contributed by atoms with van der Waals surface area (Å²) in [6.07, 6.45) is -4.63. The summed E-state index contributed by atoms with van der Waals surface area (Å²) >= 11 is 0. The van der Waals surface area contributed by atoms with E-state index < -0.39 is 60.4 Å². The van der Waals surface area contributed by atoms with Crippen LogP contribution in [0.15, 0.2) is 77.7 Å². The molecule has 6 rings (SSSR count). The monoisotopic (exact) mass is 535 g/mol. The van der Waals surface area contributed by atoms with Gasteiger partial charge in [0.25, 0.3) is 5.91 Å². The van der Waals surface area contributed by atoms with E-state index in [-0.39, 0.29) is 12.4 Å². The first-order valence-electron chi connectivity index (χ1n) is 12.8. The number of carbonyl (C=O) groups is 1. The Labute approximate surface area is 224 Å². The van der Waals surface area contributed by atoms with Crippen molar-refractivity contribution < 1.29 is 33.6 Å². The molecule has 1 aromatic heterocycles. The van der Waals surface area contributed by atoms with Crippen molar-refractivity contribution in [1.82, 2.24) is 9.55 Å². The molecule has 39 heavy (non-hydrogen) atoms. The van der Waals surface area contributed by atoms with Crippen molar-refractivity contribution in [3.05, 3.63) is 94.5 Å². The highest BCUT2D eigenvalue weighted by Crippen LogP contribution is 2.43. The predicted molar refractivity (Wildman–Crippen MR) is 137 cm³/mol. The number of rotatable bonds is 4. The average Bonchev–Trinajstić information content (AvgIpc) is 3.23. The Balaban J connectivity index is 1.28.